The number of benzene rings is 2. The van der Waals surface area contributed by atoms with Gasteiger partial charge in [-0.05, 0) is 42.3 Å². The van der Waals surface area contributed by atoms with Crippen molar-refractivity contribution in [3.63, 3.8) is 0 Å². The number of aromatic amines is 1. The fourth-order valence-corrected chi connectivity index (χ4v) is 2.65. The number of halogens is 1. The van der Waals surface area contributed by atoms with Gasteiger partial charge in [-0.1, -0.05) is 43.0 Å². The molecule has 0 aliphatic carbocycles. The Morgan fingerprint density at radius 3 is 2.67 bits per heavy atom. The number of ether oxygens (including phenoxy) is 1. The quantitative estimate of drug-likeness (QED) is 0.467. The molecule has 126 valence electrons. The standard InChI is InChI=1S/C20H22N2O.ClH/c1-2-13-23-18-9-7-16(8-10-18)14-21-12-11-17-15-22-20-6-4-3-5-19(17)20;/h2-10,15,21-22H,1,11-14H2;1H. The Morgan fingerprint density at radius 1 is 1.08 bits per heavy atom. The molecule has 3 rings (SSSR count). The molecule has 2 N–H and O–H groups in total. The highest BCUT2D eigenvalue weighted by atomic mass is 35.5. The van der Waals surface area contributed by atoms with E-state index in [-0.39, 0.29) is 12.4 Å². The van der Waals surface area contributed by atoms with Crippen molar-refractivity contribution in [3.05, 3.63) is 78.5 Å². The number of H-pyrrole nitrogens is 1. The molecule has 0 aliphatic rings. The summed E-state index contributed by atoms with van der Waals surface area (Å²) in [5.41, 5.74) is 3.83. The molecule has 0 amide bonds. The van der Waals surface area contributed by atoms with Gasteiger partial charge in [-0.25, -0.2) is 0 Å². The van der Waals surface area contributed by atoms with Gasteiger partial charge in [0.25, 0.3) is 0 Å². The van der Waals surface area contributed by atoms with Crippen molar-refractivity contribution in [1.29, 1.82) is 0 Å². The third kappa shape index (κ3) is 4.63. The highest BCUT2D eigenvalue weighted by Crippen LogP contribution is 2.17. The first kappa shape index (κ1) is 18.1. The van der Waals surface area contributed by atoms with E-state index in [1.54, 1.807) is 6.08 Å². The SMILES string of the molecule is C=CCOc1ccc(CNCCc2c[nH]c3ccccc23)cc1.Cl. The Bertz CT molecular complexity index is 765. The predicted octanol–water partition coefficient (Wildman–Crippen LogP) is 4.49. The summed E-state index contributed by atoms with van der Waals surface area (Å²) in [6.45, 7) is 6.01. The third-order valence-electron chi connectivity index (χ3n) is 3.87. The Morgan fingerprint density at radius 2 is 1.88 bits per heavy atom. The van der Waals surface area contributed by atoms with Crippen molar-refractivity contribution in [1.82, 2.24) is 10.3 Å². The maximum absolute atomic E-state index is 5.48. The van der Waals surface area contributed by atoms with Crippen molar-refractivity contribution in [2.75, 3.05) is 13.2 Å². The van der Waals surface area contributed by atoms with Gasteiger partial charge < -0.3 is 15.0 Å². The second-order valence-electron chi connectivity index (χ2n) is 5.53. The molecule has 1 aromatic heterocycles. The molecule has 0 radical (unpaired) electrons. The fourth-order valence-electron chi connectivity index (χ4n) is 2.65. The van der Waals surface area contributed by atoms with Crippen LogP contribution in [0, 0.1) is 0 Å². The van der Waals surface area contributed by atoms with E-state index in [0.717, 1.165) is 25.3 Å². The Kier molecular flexibility index (Phi) is 6.91. The molecule has 0 saturated heterocycles. The van der Waals surface area contributed by atoms with Gasteiger partial charge in [0.15, 0.2) is 0 Å². The fraction of sp³-hybridized carbons (Fsp3) is 0.200. The van der Waals surface area contributed by atoms with Crippen molar-refractivity contribution < 1.29 is 4.74 Å². The molecule has 0 aliphatic heterocycles. The summed E-state index contributed by atoms with van der Waals surface area (Å²) < 4.78 is 5.48. The lowest BCUT2D eigenvalue weighted by molar-refractivity contribution is 0.363. The summed E-state index contributed by atoms with van der Waals surface area (Å²) in [6.07, 6.45) is 4.88. The number of hydrogen-bond donors (Lipinski definition) is 2. The van der Waals surface area contributed by atoms with Crippen molar-refractivity contribution in [2.24, 2.45) is 0 Å². The highest BCUT2D eigenvalue weighted by molar-refractivity contribution is 5.85. The molecule has 0 fully saturated rings. The van der Waals surface area contributed by atoms with E-state index in [2.05, 4.69) is 59.5 Å². The maximum atomic E-state index is 5.48. The zero-order valence-electron chi connectivity index (χ0n) is 13.6. The first-order valence-corrected chi connectivity index (χ1v) is 7.95. The molecule has 0 unspecified atom stereocenters. The van der Waals surface area contributed by atoms with Crippen LogP contribution in [-0.4, -0.2) is 18.1 Å². The lowest BCUT2D eigenvalue weighted by Gasteiger charge is -2.07. The van der Waals surface area contributed by atoms with Gasteiger partial charge in [0.1, 0.15) is 12.4 Å². The molecule has 24 heavy (non-hydrogen) atoms. The monoisotopic (exact) mass is 342 g/mol. The predicted molar refractivity (Wildman–Crippen MR) is 103 cm³/mol. The molecule has 0 bridgehead atoms. The van der Waals surface area contributed by atoms with E-state index < -0.39 is 0 Å². The Balaban J connectivity index is 0.00000208. The molecule has 1 heterocycles. The van der Waals surface area contributed by atoms with E-state index in [9.17, 15) is 0 Å². The lowest BCUT2D eigenvalue weighted by Crippen LogP contribution is -2.16. The van der Waals surface area contributed by atoms with Gasteiger partial charge >= 0.3 is 0 Å². The Hall–Kier alpha value is -2.23. The largest absolute Gasteiger partial charge is 0.490 e. The lowest BCUT2D eigenvalue weighted by atomic mass is 10.1. The number of fused-ring (bicyclic) bond motifs is 1. The van der Waals surface area contributed by atoms with Crippen LogP contribution in [0.4, 0.5) is 0 Å². The number of rotatable bonds is 8. The van der Waals surface area contributed by atoms with Crippen molar-refractivity contribution >= 4 is 23.3 Å². The third-order valence-corrected chi connectivity index (χ3v) is 3.87. The van der Waals surface area contributed by atoms with Crippen molar-refractivity contribution in [3.8, 4) is 5.75 Å². The molecule has 0 saturated carbocycles. The number of aromatic nitrogens is 1. The summed E-state index contributed by atoms with van der Waals surface area (Å²) in [5, 5.41) is 4.81. The van der Waals surface area contributed by atoms with E-state index in [0.29, 0.717) is 6.61 Å². The molecule has 2 aromatic carbocycles. The van der Waals surface area contributed by atoms with Gasteiger partial charge in [0.2, 0.25) is 0 Å². The number of hydrogen-bond acceptors (Lipinski definition) is 2. The second-order valence-corrected chi connectivity index (χ2v) is 5.53. The molecule has 0 spiro atoms. The van der Waals surface area contributed by atoms with Crippen LogP contribution in [0.5, 0.6) is 5.75 Å². The van der Waals surface area contributed by atoms with E-state index in [4.69, 9.17) is 4.74 Å². The van der Waals surface area contributed by atoms with Crippen LogP contribution >= 0.6 is 12.4 Å². The highest BCUT2D eigenvalue weighted by Gasteiger charge is 2.02. The molecule has 3 aromatic rings. The summed E-state index contributed by atoms with van der Waals surface area (Å²) in [6, 6.07) is 16.6. The minimum Gasteiger partial charge on any atom is -0.490 e. The molecule has 0 atom stereocenters. The van der Waals surface area contributed by atoms with Crippen LogP contribution in [0.3, 0.4) is 0 Å². The molecule has 3 nitrogen and oxygen atoms in total. The maximum Gasteiger partial charge on any atom is 0.119 e. The average molecular weight is 343 g/mol. The number of nitrogens with one attached hydrogen (secondary N) is 2. The topological polar surface area (TPSA) is 37.0 Å². The minimum absolute atomic E-state index is 0. The van der Waals surface area contributed by atoms with E-state index >= 15 is 0 Å². The molecule has 4 heteroatoms. The van der Waals surface area contributed by atoms with E-state index in [1.165, 1.54) is 22.0 Å². The first-order valence-electron chi connectivity index (χ1n) is 7.95. The summed E-state index contributed by atoms with van der Waals surface area (Å²) in [5.74, 6) is 0.882. The van der Waals surface area contributed by atoms with Gasteiger partial charge in [-0.3, -0.25) is 0 Å². The van der Waals surface area contributed by atoms with Crippen LogP contribution in [0.15, 0.2) is 67.4 Å². The minimum atomic E-state index is 0. The summed E-state index contributed by atoms with van der Waals surface area (Å²) in [4.78, 5) is 3.32. The zero-order valence-corrected chi connectivity index (χ0v) is 14.4. The average Bonchev–Trinajstić information content (AvgIpc) is 3.01. The summed E-state index contributed by atoms with van der Waals surface area (Å²) >= 11 is 0. The van der Waals surface area contributed by atoms with Gasteiger partial charge in [-0.15, -0.1) is 12.4 Å². The van der Waals surface area contributed by atoms with Gasteiger partial charge in [0, 0.05) is 23.6 Å². The van der Waals surface area contributed by atoms with Crippen LogP contribution in [-0.2, 0) is 13.0 Å². The van der Waals surface area contributed by atoms with E-state index in [1.807, 2.05) is 12.1 Å². The second kappa shape index (κ2) is 9.16. The van der Waals surface area contributed by atoms with Crippen LogP contribution < -0.4 is 10.1 Å². The van der Waals surface area contributed by atoms with Gasteiger partial charge in [0.05, 0.1) is 0 Å². The molecular weight excluding hydrogens is 320 g/mol. The van der Waals surface area contributed by atoms with Crippen molar-refractivity contribution in [2.45, 2.75) is 13.0 Å². The van der Waals surface area contributed by atoms with Crippen LogP contribution in [0.25, 0.3) is 10.9 Å². The first-order chi connectivity index (χ1) is 11.4. The number of para-hydroxylation sites is 1. The smallest absolute Gasteiger partial charge is 0.119 e. The van der Waals surface area contributed by atoms with Crippen LogP contribution in [0.1, 0.15) is 11.1 Å². The zero-order chi connectivity index (χ0) is 15.9. The van der Waals surface area contributed by atoms with Gasteiger partial charge in [-0.2, -0.15) is 0 Å². The molecular formula is C20H23ClN2O. The normalized spacial score (nSPS) is 10.3. The van der Waals surface area contributed by atoms with Crippen LogP contribution in [0.2, 0.25) is 0 Å². The summed E-state index contributed by atoms with van der Waals surface area (Å²) in [7, 11) is 0. The Labute approximate surface area is 149 Å².